The normalized spacial score (nSPS) is 17.3. The molecule has 2 unspecified atom stereocenters. The Morgan fingerprint density at radius 3 is 1.37 bits per heavy atom. The fourth-order valence-corrected chi connectivity index (χ4v) is 13.2. The average Bonchev–Trinajstić information content (AvgIpc) is 3.31. The molecule has 8 rings (SSSR count). The second-order valence-corrected chi connectivity index (χ2v) is 20.5. The van der Waals surface area contributed by atoms with Gasteiger partial charge in [0.05, 0.1) is 21.9 Å². The van der Waals surface area contributed by atoms with Crippen LogP contribution in [0.5, 0.6) is 0 Å². The zero-order chi connectivity index (χ0) is 44.0. The van der Waals surface area contributed by atoms with Gasteiger partial charge in [0.2, 0.25) is 20.0 Å². The van der Waals surface area contributed by atoms with Gasteiger partial charge in [-0.3, -0.25) is 9.97 Å². The zero-order valence-electron chi connectivity index (χ0n) is 36.2. The van der Waals surface area contributed by atoms with Crippen molar-refractivity contribution in [3.63, 3.8) is 0 Å². The second kappa shape index (κ2) is 21.2. The molecule has 2 aromatic heterocycles. The number of hydrogen-bond donors (Lipinski definition) is 0. The molecule has 2 fully saturated rings. The third kappa shape index (κ3) is 10.4. The maximum atomic E-state index is 13.7. The fourth-order valence-electron chi connectivity index (χ4n) is 8.85. The predicted molar refractivity (Wildman–Crippen MR) is 259 cm³/mol. The summed E-state index contributed by atoms with van der Waals surface area (Å²) < 4.78 is 58.0. The third-order valence-corrected chi connectivity index (χ3v) is 17.2. The van der Waals surface area contributed by atoms with E-state index in [9.17, 15) is 16.8 Å². The molecule has 6 aromatic rings. The lowest BCUT2D eigenvalue weighted by molar-refractivity contribution is 0.255. The average molecular weight is 947 g/mol. The van der Waals surface area contributed by atoms with Gasteiger partial charge in [-0.15, -0.1) is 12.4 Å². The van der Waals surface area contributed by atoms with Crippen molar-refractivity contribution < 1.29 is 16.8 Å². The van der Waals surface area contributed by atoms with Crippen LogP contribution in [0.15, 0.2) is 132 Å². The molecular weight excluding hydrogens is 891 g/mol. The number of aromatic nitrogens is 2. The van der Waals surface area contributed by atoms with Crippen LogP contribution in [-0.2, 0) is 32.9 Å². The maximum Gasteiger partial charge on any atom is 0.243 e. The van der Waals surface area contributed by atoms with E-state index in [-0.39, 0.29) is 24.5 Å². The van der Waals surface area contributed by atoms with Crippen molar-refractivity contribution >= 4 is 55.7 Å². The Kier molecular flexibility index (Phi) is 16.3. The van der Waals surface area contributed by atoms with Crippen molar-refractivity contribution in [2.45, 2.75) is 101 Å². The molecule has 4 heterocycles. The topological polar surface area (TPSA) is 101 Å². The summed E-state index contributed by atoms with van der Waals surface area (Å²) in [5.41, 5.74) is 10.1. The van der Waals surface area contributed by atoms with E-state index in [0.29, 0.717) is 44.1 Å². The lowest BCUT2D eigenvalue weighted by Gasteiger charge is -2.35. The molecule has 0 amide bonds. The molecule has 4 aromatic carbocycles. The summed E-state index contributed by atoms with van der Waals surface area (Å²) >= 11 is 12.5. The molecular formula is C50H55Cl3N4O4S2. The zero-order valence-corrected chi connectivity index (χ0v) is 40.1. The number of sulfonamides is 2. The summed E-state index contributed by atoms with van der Waals surface area (Å²) in [6, 6.07) is 30.4. The van der Waals surface area contributed by atoms with Crippen LogP contribution in [0.25, 0.3) is 22.3 Å². The first kappa shape index (κ1) is 48.3. The molecule has 0 radical (unpaired) electrons. The highest BCUT2D eigenvalue weighted by Gasteiger charge is 2.37. The number of hydrogen-bond acceptors (Lipinski definition) is 6. The SMILES string of the molecule is CCc1cnccc1-c1cccc(C2CCCCN2S(=O)(=O)c2cccc(Cl)c2C)c1.CCc1cnccc1-c1cccc(C2CCCCN2S(=O)(=O)c2cccc(Cl)c2C)c1.Cl. The van der Waals surface area contributed by atoms with Crippen molar-refractivity contribution in [2.75, 3.05) is 13.1 Å². The molecule has 2 aliphatic heterocycles. The van der Waals surface area contributed by atoms with E-state index < -0.39 is 20.0 Å². The number of pyridine rings is 2. The highest BCUT2D eigenvalue weighted by Crippen LogP contribution is 2.40. The maximum absolute atomic E-state index is 13.7. The van der Waals surface area contributed by atoms with E-state index in [1.807, 2.05) is 48.8 Å². The fraction of sp³-hybridized carbons (Fsp3) is 0.320. The largest absolute Gasteiger partial charge is 0.264 e. The summed E-state index contributed by atoms with van der Waals surface area (Å²) in [5.74, 6) is 0. The van der Waals surface area contributed by atoms with Gasteiger partial charge in [-0.25, -0.2) is 16.8 Å². The number of rotatable bonds is 10. The van der Waals surface area contributed by atoms with E-state index in [1.54, 1.807) is 71.2 Å². The van der Waals surface area contributed by atoms with Crippen molar-refractivity contribution in [1.29, 1.82) is 0 Å². The molecule has 0 aliphatic carbocycles. The Bertz CT molecular complexity index is 2580. The van der Waals surface area contributed by atoms with E-state index in [2.05, 4.69) is 48.1 Å². The van der Waals surface area contributed by atoms with E-state index in [1.165, 1.54) is 11.1 Å². The molecule has 0 bridgehead atoms. The molecule has 0 N–H and O–H groups in total. The van der Waals surface area contributed by atoms with Gasteiger partial charge >= 0.3 is 0 Å². The number of halogens is 3. The smallest absolute Gasteiger partial charge is 0.243 e. The summed E-state index contributed by atoms with van der Waals surface area (Å²) in [5, 5.41) is 0.947. The Hall–Kier alpha value is -4.13. The summed E-state index contributed by atoms with van der Waals surface area (Å²) in [6.07, 6.45) is 14.5. The number of piperidine rings is 2. The van der Waals surface area contributed by atoms with Gasteiger partial charge in [0.15, 0.2) is 0 Å². The van der Waals surface area contributed by atoms with Crippen molar-refractivity contribution in [3.05, 3.63) is 165 Å². The first-order valence-electron chi connectivity index (χ1n) is 21.5. The molecule has 332 valence electrons. The quantitative estimate of drug-likeness (QED) is 0.136. The molecule has 13 heteroatoms. The predicted octanol–water partition coefficient (Wildman–Crippen LogP) is 12.8. The molecule has 2 atom stereocenters. The minimum absolute atomic E-state index is 0. The third-order valence-electron chi connectivity index (χ3n) is 12.3. The van der Waals surface area contributed by atoms with Gasteiger partial charge in [-0.05, 0) is 157 Å². The number of aryl methyl sites for hydroxylation is 2. The minimum Gasteiger partial charge on any atom is -0.264 e. The van der Waals surface area contributed by atoms with E-state index in [0.717, 1.165) is 84.7 Å². The van der Waals surface area contributed by atoms with Crippen LogP contribution in [0, 0.1) is 13.8 Å². The van der Waals surface area contributed by atoms with Crippen LogP contribution in [0.2, 0.25) is 10.0 Å². The van der Waals surface area contributed by atoms with E-state index in [4.69, 9.17) is 23.2 Å². The molecule has 8 nitrogen and oxygen atoms in total. The molecule has 2 aliphatic rings. The Labute approximate surface area is 390 Å². The summed E-state index contributed by atoms with van der Waals surface area (Å²) in [7, 11) is -7.33. The van der Waals surface area contributed by atoms with Gasteiger partial charge in [0.25, 0.3) is 0 Å². The van der Waals surface area contributed by atoms with Crippen LogP contribution in [0.4, 0.5) is 0 Å². The van der Waals surface area contributed by atoms with Crippen LogP contribution in [0.3, 0.4) is 0 Å². The van der Waals surface area contributed by atoms with Gasteiger partial charge in [-0.1, -0.05) is 98.4 Å². The lowest BCUT2D eigenvalue weighted by Crippen LogP contribution is -2.38. The Morgan fingerprint density at radius 2 is 0.968 bits per heavy atom. The van der Waals surface area contributed by atoms with Gasteiger partial charge < -0.3 is 0 Å². The first-order valence-corrected chi connectivity index (χ1v) is 25.1. The van der Waals surface area contributed by atoms with Crippen molar-refractivity contribution in [2.24, 2.45) is 0 Å². The van der Waals surface area contributed by atoms with Gasteiger partial charge in [-0.2, -0.15) is 8.61 Å². The molecule has 0 saturated carbocycles. The van der Waals surface area contributed by atoms with Crippen molar-refractivity contribution in [1.82, 2.24) is 18.6 Å². The lowest BCUT2D eigenvalue weighted by atomic mass is 9.93. The van der Waals surface area contributed by atoms with Crippen LogP contribution < -0.4 is 0 Å². The highest BCUT2D eigenvalue weighted by molar-refractivity contribution is 7.89. The second-order valence-electron chi connectivity index (χ2n) is 16.0. The van der Waals surface area contributed by atoms with Crippen LogP contribution in [0.1, 0.15) is 97.8 Å². The minimum atomic E-state index is -3.66. The molecule has 63 heavy (non-hydrogen) atoms. The monoisotopic (exact) mass is 944 g/mol. The summed E-state index contributed by atoms with van der Waals surface area (Å²) in [6.45, 7) is 8.80. The highest BCUT2D eigenvalue weighted by atomic mass is 35.5. The van der Waals surface area contributed by atoms with Gasteiger partial charge in [0, 0.05) is 47.9 Å². The Balaban J connectivity index is 0.000000206. The number of benzene rings is 4. The van der Waals surface area contributed by atoms with Crippen molar-refractivity contribution in [3.8, 4) is 22.3 Å². The van der Waals surface area contributed by atoms with Crippen LogP contribution >= 0.6 is 35.6 Å². The first-order chi connectivity index (χ1) is 29.9. The van der Waals surface area contributed by atoms with Crippen LogP contribution in [-0.4, -0.2) is 48.5 Å². The standard InChI is InChI=1S/2C25H27ClN2O2S.ClH/c2*1-3-19-17-27-14-13-22(19)20-8-6-9-21(16-20)24-11-4-5-15-28(24)31(29,30)25-12-7-10-23(26)18(25)2;/h2*6-10,12-14,16-17,24H,3-5,11,15H2,1-2H3;1H. The molecule has 0 spiro atoms. The number of nitrogens with zero attached hydrogens (tertiary/aromatic N) is 4. The molecule has 2 saturated heterocycles. The Morgan fingerprint density at radius 1 is 0.571 bits per heavy atom. The summed E-state index contributed by atoms with van der Waals surface area (Å²) in [4.78, 5) is 9.09. The van der Waals surface area contributed by atoms with Gasteiger partial charge in [0.1, 0.15) is 0 Å². The van der Waals surface area contributed by atoms with E-state index >= 15 is 0 Å².